The summed E-state index contributed by atoms with van der Waals surface area (Å²) in [4.78, 5) is 32.6. The van der Waals surface area contributed by atoms with E-state index >= 15 is 0 Å². The molecule has 0 atom stereocenters. The Morgan fingerprint density at radius 3 is 2.73 bits per heavy atom. The van der Waals surface area contributed by atoms with Gasteiger partial charge in [-0.3, -0.25) is 19.7 Å². The fraction of sp³-hybridized carbons (Fsp3) is 0.0714. The van der Waals surface area contributed by atoms with Gasteiger partial charge in [0.05, 0.1) is 4.92 Å². The van der Waals surface area contributed by atoms with E-state index in [1.54, 1.807) is 6.07 Å². The summed E-state index contributed by atoms with van der Waals surface area (Å²) in [7, 11) is 0. The monoisotopic (exact) mass is 300 g/mol. The fourth-order valence-electron chi connectivity index (χ4n) is 1.83. The van der Waals surface area contributed by atoms with Gasteiger partial charge in [-0.05, 0) is 6.08 Å². The highest BCUT2D eigenvalue weighted by molar-refractivity contribution is 5.92. The van der Waals surface area contributed by atoms with Crippen LogP contribution in [0.25, 0.3) is 17.3 Å². The van der Waals surface area contributed by atoms with Crippen molar-refractivity contribution < 1.29 is 14.5 Å². The minimum Gasteiger partial charge on any atom is -0.366 e. The van der Waals surface area contributed by atoms with E-state index in [2.05, 4.69) is 5.10 Å². The number of benzene rings is 1. The molecule has 2 aromatic rings. The number of hydrogen-bond acceptors (Lipinski definition) is 5. The van der Waals surface area contributed by atoms with E-state index < -0.39 is 10.8 Å². The zero-order valence-electron chi connectivity index (χ0n) is 11.6. The standard InChI is InChI=1S/C14H12N4O4/c1-9(19)17-8-11(5-6-13(15)20)14(16-17)10-3-2-4-12(7-10)18(21)22/h2-8H,1H3,(H2,15,20)/b6-5-. The van der Waals surface area contributed by atoms with E-state index in [1.165, 1.54) is 37.4 Å². The molecule has 2 rings (SSSR count). The van der Waals surface area contributed by atoms with Crippen molar-refractivity contribution in [3.63, 3.8) is 0 Å². The van der Waals surface area contributed by atoms with Gasteiger partial charge in [-0.1, -0.05) is 12.1 Å². The maximum Gasteiger partial charge on any atom is 0.270 e. The van der Waals surface area contributed by atoms with Crippen LogP contribution in [0.2, 0.25) is 0 Å². The second-order valence-electron chi connectivity index (χ2n) is 4.44. The quantitative estimate of drug-likeness (QED) is 0.522. The lowest BCUT2D eigenvalue weighted by Crippen LogP contribution is -2.05. The number of primary amides is 1. The molecule has 1 aromatic heterocycles. The fourth-order valence-corrected chi connectivity index (χ4v) is 1.83. The highest BCUT2D eigenvalue weighted by atomic mass is 16.6. The number of nitro groups is 1. The van der Waals surface area contributed by atoms with Crippen LogP contribution in [0.5, 0.6) is 0 Å². The van der Waals surface area contributed by atoms with Crippen molar-refractivity contribution in [2.75, 3.05) is 0 Å². The van der Waals surface area contributed by atoms with Crippen molar-refractivity contribution in [3.05, 3.63) is 52.2 Å². The molecule has 1 heterocycles. The van der Waals surface area contributed by atoms with Gasteiger partial charge >= 0.3 is 0 Å². The van der Waals surface area contributed by atoms with Gasteiger partial charge in [0, 0.05) is 42.5 Å². The molecule has 0 saturated heterocycles. The number of nitro benzene ring substituents is 1. The van der Waals surface area contributed by atoms with Gasteiger partial charge in [0.25, 0.3) is 5.69 Å². The van der Waals surface area contributed by atoms with Crippen LogP contribution >= 0.6 is 0 Å². The van der Waals surface area contributed by atoms with Crippen LogP contribution in [0.3, 0.4) is 0 Å². The summed E-state index contributed by atoms with van der Waals surface area (Å²) >= 11 is 0. The molecular formula is C14H12N4O4. The zero-order chi connectivity index (χ0) is 16.3. The lowest BCUT2D eigenvalue weighted by molar-refractivity contribution is -0.384. The van der Waals surface area contributed by atoms with Gasteiger partial charge < -0.3 is 5.73 Å². The second-order valence-corrected chi connectivity index (χ2v) is 4.44. The van der Waals surface area contributed by atoms with Crippen molar-refractivity contribution in [3.8, 4) is 11.3 Å². The molecule has 0 aliphatic heterocycles. The molecule has 1 aromatic carbocycles. The van der Waals surface area contributed by atoms with Gasteiger partial charge in [0.1, 0.15) is 5.69 Å². The Kier molecular flexibility index (Phi) is 4.12. The summed E-state index contributed by atoms with van der Waals surface area (Å²) in [6.45, 7) is 1.33. The molecule has 0 aliphatic rings. The number of carbonyl (C=O) groups excluding carboxylic acids is 2. The van der Waals surface area contributed by atoms with Gasteiger partial charge in [-0.2, -0.15) is 5.10 Å². The molecule has 0 fully saturated rings. The van der Waals surface area contributed by atoms with Crippen LogP contribution in [0.4, 0.5) is 5.69 Å². The van der Waals surface area contributed by atoms with Crippen molar-refractivity contribution in [1.82, 2.24) is 9.78 Å². The molecule has 2 N–H and O–H groups in total. The summed E-state index contributed by atoms with van der Waals surface area (Å²) in [6.07, 6.45) is 3.96. The minimum atomic E-state index is -0.652. The van der Waals surface area contributed by atoms with E-state index in [9.17, 15) is 19.7 Å². The molecule has 8 nitrogen and oxygen atoms in total. The molecule has 22 heavy (non-hydrogen) atoms. The highest BCUT2D eigenvalue weighted by Crippen LogP contribution is 2.26. The summed E-state index contributed by atoms with van der Waals surface area (Å²) < 4.78 is 1.09. The highest BCUT2D eigenvalue weighted by Gasteiger charge is 2.14. The number of nitrogens with two attached hydrogens (primary N) is 1. The van der Waals surface area contributed by atoms with Crippen LogP contribution in [-0.4, -0.2) is 26.5 Å². The number of nitrogens with zero attached hydrogens (tertiary/aromatic N) is 3. The Balaban J connectivity index is 2.57. The van der Waals surface area contributed by atoms with Crippen LogP contribution in [0, 0.1) is 10.1 Å². The molecule has 0 bridgehead atoms. The number of hydrogen-bond donors (Lipinski definition) is 1. The van der Waals surface area contributed by atoms with Gasteiger partial charge in [-0.15, -0.1) is 0 Å². The van der Waals surface area contributed by atoms with E-state index in [4.69, 9.17) is 5.73 Å². The Labute approximate surface area is 125 Å². The number of non-ortho nitro benzene ring substituents is 1. The van der Waals surface area contributed by atoms with Crippen LogP contribution in [-0.2, 0) is 4.79 Å². The molecule has 0 saturated carbocycles. The minimum absolute atomic E-state index is 0.0975. The van der Waals surface area contributed by atoms with Gasteiger partial charge in [-0.25, -0.2) is 4.68 Å². The van der Waals surface area contributed by atoms with Gasteiger partial charge in [0.2, 0.25) is 11.8 Å². The summed E-state index contributed by atoms with van der Waals surface area (Å²) in [5, 5.41) is 14.9. The Morgan fingerprint density at radius 1 is 1.41 bits per heavy atom. The Morgan fingerprint density at radius 2 is 2.14 bits per heavy atom. The second kappa shape index (κ2) is 6.00. The Hall–Kier alpha value is -3.29. The van der Waals surface area contributed by atoms with E-state index in [0.717, 1.165) is 10.8 Å². The molecule has 0 spiro atoms. The first kappa shape index (κ1) is 15.1. The first-order valence-electron chi connectivity index (χ1n) is 6.21. The average Bonchev–Trinajstić information content (AvgIpc) is 2.89. The average molecular weight is 300 g/mol. The normalized spacial score (nSPS) is 10.8. The first-order chi connectivity index (χ1) is 10.4. The maximum absolute atomic E-state index is 11.4. The third-order valence-electron chi connectivity index (χ3n) is 2.82. The topological polar surface area (TPSA) is 121 Å². The van der Waals surface area contributed by atoms with Crippen molar-refractivity contribution in [2.24, 2.45) is 5.73 Å². The Bertz CT molecular complexity index is 792. The smallest absolute Gasteiger partial charge is 0.270 e. The molecule has 0 unspecified atom stereocenters. The van der Waals surface area contributed by atoms with Crippen LogP contribution in [0.1, 0.15) is 17.3 Å². The van der Waals surface area contributed by atoms with Crippen LogP contribution < -0.4 is 5.73 Å². The van der Waals surface area contributed by atoms with Crippen LogP contribution in [0.15, 0.2) is 36.5 Å². The van der Waals surface area contributed by atoms with E-state index in [-0.39, 0.29) is 11.6 Å². The van der Waals surface area contributed by atoms with Crippen molar-refractivity contribution in [2.45, 2.75) is 6.92 Å². The summed E-state index contributed by atoms with van der Waals surface area (Å²) in [6, 6.07) is 5.84. The zero-order valence-corrected chi connectivity index (χ0v) is 11.6. The number of rotatable bonds is 4. The largest absolute Gasteiger partial charge is 0.366 e. The third-order valence-corrected chi connectivity index (χ3v) is 2.82. The number of carbonyl (C=O) groups is 2. The predicted octanol–water partition coefficient (Wildman–Crippen LogP) is 1.62. The molecule has 0 aliphatic carbocycles. The first-order valence-corrected chi connectivity index (χ1v) is 6.21. The lowest BCUT2D eigenvalue weighted by Gasteiger charge is -1.99. The summed E-state index contributed by atoms with van der Waals surface area (Å²) in [5.74, 6) is -0.981. The molecular weight excluding hydrogens is 288 g/mol. The molecule has 8 heteroatoms. The lowest BCUT2D eigenvalue weighted by atomic mass is 10.1. The van der Waals surface area contributed by atoms with E-state index in [0.29, 0.717) is 16.8 Å². The van der Waals surface area contributed by atoms with E-state index in [1.807, 2.05) is 0 Å². The predicted molar refractivity (Wildman–Crippen MR) is 78.8 cm³/mol. The van der Waals surface area contributed by atoms with Crippen molar-refractivity contribution >= 4 is 23.6 Å². The third kappa shape index (κ3) is 3.23. The molecule has 1 amide bonds. The van der Waals surface area contributed by atoms with Crippen molar-refractivity contribution in [1.29, 1.82) is 0 Å². The SMILES string of the molecule is CC(=O)n1cc(/C=C\C(N)=O)c(-c2cccc([N+](=O)[O-])c2)n1. The number of amides is 1. The van der Waals surface area contributed by atoms with Gasteiger partial charge in [0.15, 0.2) is 0 Å². The summed E-state index contributed by atoms with van der Waals surface area (Å²) in [5.41, 5.74) is 6.21. The molecule has 0 radical (unpaired) electrons. The number of aromatic nitrogens is 2. The molecule has 112 valence electrons. The maximum atomic E-state index is 11.4.